The number of nitrogens with two attached hydrogens (primary N) is 1. The number of anilines is 3. The molecule has 0 amide bonds. The Kier molecular flexibility index (Phi) is 6.34. The Morgan fingerprint density at radius 1 is 0.853 bits per heavy atom. The highest BCUT2D eigenvalue weighted by molar-refractivity contribution is 7.92. The molecule has 0 aliphatic heterocycles. The topological polar surface area (TPSA) is 89.3 Å². The summed E-state index contributed by atoms with van der Waals surface area (Å²) < 4.78 is 27.3. The van der Waals surface area contributed by atoms with Gasteiger partial charge in [-0.05, 0) is 74.7 Å². The molecule has 0 aliphatic carbocycles. The van der Waals surface area contributed by atoms with Crippen LogP contribution in [0.3, 0.4) is 0 Å². The van der Waals surface area contributed by atoms with Gasteiger partial charge in [0.15, 0.2) is 0 Å². The molecule has 174 valence electrons. The lowest BCUT2D eigenvalue weighted by Gasteiger charge is -2.11. The molecule has 0 saturated carbocycles. The number of hydrogen-bond donors (Lipinski definition) is 2. The molecule has 7 heteroatoms. The molecule has 3 N–H and O–H groups in total. The number of aryl methyl sites for hydroxylation is 4. The zero-order valence-corrected chi connectivity index (χ0v) is 21.1. The van der Waals surface area contributed by atoms with Crippen LogP contribution in [-0.2, 0) is 9.84 Å². The fraction of sp³-hybridized carbons (Fsp3) is 0.148. The summed E-state index contributed by atoms with van der Waals surface area (Å²) in [5, 5.41) is 3.53. The summed E-state index contributed by atoms with van der Waals surface area (Å²) in [6.45, 7) is 7.76. The Labute approximate surface area is 204 Å². The third kappa shape index (κ3) is 4.36. The molecule has 5 nitrogen and oxygen atoms in total. The van der Waals surface area contributed by atoms with Crippen LogP contribution in [0.15, 0.2) is 76.5 Å². The molecule has 0 fully saturated rings. The summed E-state index contributed by atoms with van der Waals surface area (Å²) in [5.74, 6) is -0.290. The minimum absolute atomic E-state index is 0.0360. The number of carbonyl (C=O) groups excluding carboxylic acids is 1. The van der Waals surface area contributed by atoms with Crippen molar-refractivity contribution in [3.05, 3.63) is 99.4 Å². The molecule has 4 rings (SSSR count). The number of nitrogen functional groups attached to an aromatic ring is 1. The molecule has 0 saturated heterocycles. The fourth-order valence-corrected chi connectivity index (χ4v) is 6.66. The molecule has 0 aliphatic rings. The van der Waals surface area contributed by atoms with E-state index in [0.717, 1.165) is 39.3 Å². The predicted octanol–water partition coefficient (Wildman–Crippen LogP) is 6.37. The van der Waals surface area contributed by atoms with Gasteiger partial charge in [-0.2, -0.15) is 0 Å². The highest BCUT2D eigenvalue weighted by Crippen LogP contribution is 2.44. The Hall–Kier alpha value is -3.42. The van der Waals surface area contributed by atoms with Crippen molar-refractivity contribution in [2.75, 3.05) is 11.1 Å². The number of hydrogen-bond acceptors (Lipinski definition) is 6. The molecular formula is C27H26N2O3S2. The average molecular weight is 491 g/mol. The van der Waals surface area contributed by atoms with E-state index in [2.05, 4.69) is 5.32 Å². The van der Waals surface area contributed by atoms with Crippen molar-refractivity contribution in [3.8, 4) is 0 Å². The standard InChI is InChI=1S/C27H26N2O3S2/c1-16-10-11-18(3)22(14-16)24(30)25-23(28)26(34(31,32)21-8-6-5-7-9-21)27(33-25)29-20-13-12-17(2)19(4)15-20/h5-15,29H,28H2,1-4H3. The molecule has 0 atom stereocenters. The van der Waals surface area contributed by atoms with E-state index in [1.165, 1.54) is 12.1 Å². The molecule has 34 heavy (non-hydrogen) atoms. The van der Waals surface area contributed by atoms with Gasteiger partial charge in [0.05, 0.1) is 10.6 Å². The highest BCUT2D eigenvalue weighted by atomic mass is 32.2. The van der Waals surface area contributed by atoms with E-state index < -0.39 is 9.84 Å². The smallest absolute Gasteiger partial charge is 0.211 e. The van der Waals surface area contributed by atoms with Gasteiger partial charge in [-0.25, -0.2) is 8.42 Å². The SMILES string of the molecule is Cc1ccc(C)c(C(=O)c2sc(Nc3ccc(C)c(C)c3)c(S(=O)(=O)c3ccccc3)c2N)c1. The fourth-order valence-electron chi connectivity index (χ4n) is 3.72. The first-order valence-corrected chi connectivity index (χ1v) is 13.1. The van der Waals surface area contributed by atoms with Crippen LogP contribution in [0.4, 0.5) is 16.4 Å². The predicted molar refractivity (Wildman–Crippen MR) is 139 cm³/mol. The number of carbonyl (C=O) groups is 1. The summed E-state index contributed by atoms with van der Waals surface area (Å²) in [4.78, 5) is 13.8. The number of thiophene rings is 1. The van der Waals surface area contributed by atoms with E-state index in [-0.39, 0.29) is 26.1 Å². The lowest BCUT2D eigenvalue weighted by molar-refractivity contribution is 0.104. The van der Waals surface area contributed by atoms with Gasteiger partial charge < -0.3 is 11.1 Å². The summed E-state index contributed by atoms with van der Waals surface area (Å²) in [7, 11) is -3.98. The number of rotatable bonds is 6. The molecule has 0 bridgehead atoms. The average Bonchev–Trinajstić information content (AvgIpc) is 3.14. The Morgan fingerprint density at radius 2 is 1.53 bits per heavy atom. The number of sulfone groups is 1. The van der Waals surface area contributed by atoms with Crippen molar-refractivity contribution in [3.63, 3.8) is 0 Å². The van der Waals surface area contributed by atoms with Crippen molar-refractivity contribution in [1.82, 2.24) is 0 Å². The third-order valence-electron chi connectivity index (χ3n) is 5.83. The molecule has 0 radical (unpaired) electrons. The van der Waals surface area contributed by atoms with E-state index >= 15 is 0 Å². The normalized spacial score (nSPS) is 11.4. The minimum atomic E-state index is -3.98. The Balaban J connectivity index is 1.91. The Bertz CT molecular complexity index is 1500. The molecule has 3 aromatic carbocycles. The van der Waals surface area contributed by atoms with Crippen LogP contribution in [0.2, 0.25) is 0 Å². The number of nitrogens with one attached hydrogen (secondary N) is 1. The van der Waals surface area contributed by atoms with Gasteiger partial charge in [0.25, 0.3) is 0 Å². The molecule has 1 aromatic heterocycles. The van der Waals surface area contributed by atoms with Gasteiger partial charge in [-0.3, -0.25) is 4.79 Å². The van der Waals surface area contributed by atoms with Gasteiger partial charge in [0.1, 0.15) is 14.8 Å². The monoisotopic (exact) mass is 490 g/mol. The van der Waals surface area contributed by atoms with Crippen LogP contribution in [-0.4, -0.2) is 14.2 Å². The van der Waals surface area contributed by atoms with Crippen LogP contribution in [0.25, 0.3) is 0 Å². The maximum Gasteiger partial charge on any atom is 0.211 e. The van der Waals surface area contributed by atoms with Gasteiger partial charge in [-0.1, -0.05) is 42.0 Å². The van der Waals surface area contributed by atoms with Gasteiger partial charge in [0.2, 0.25) is 15.6 Å². The zero-order valence-electron chi connectivity index (χ0n) is 19.5. The van der Waals surface area contributed by atoms with E-state index in [9.17, 15) is 13.2 Å². The summed E-state index contributed by atoms with van der Waals surface area (Å²) in [5.41, 5.74) is 11.6. The maximum absolute atomic E-state index is 13.7. The quantitative estimate of drug-likeness (QED) is 0.307. The third-order valence-corrected chi connectivity index (χ3v) is 8.93. The zero-order chi connectivity index (χ0) is 24.6. The van der Waals surface area contributed by atoms with E-state index in [1.807, 2.05) is 58.0 Å². The second kappa shape index (κ2) is 9.08. The van der Waals surface area contributed by atoms with Crippen molar-refractivity contribution in [2.45, 2.75) is 37.5 Å². The highest BCUT2D eigenvalue weighted by Gasteiger charge is 2.32. The number of ketones is 1. The lowest BCUT2D eigenvalue weighted by atomic mass is 10.0. The summed E-state index contributed by atoms with van der Waals surface area (Å²) in [6, 6.07) is 19.5. The van der Waals surface area contributed by atoms with Crippen LogP contribution in [0.5, 0.6) is 0 Å². The van der Waals surface area contributed by atoms with Gasteiger partial charge >= 0.3 is 0 Å². The van der Waals surface area contributed by atoms with Crippen LogP contribution in [0, 0.1) is 27.7 Å². The summed E-state index contributed by atoms with van der Waals surface area (Å²) >= 11 is 1.07. The van der Waals surface area contributed by atoms with E-state index in [4.69, 9.17) is 5.73 Å². The van der Waals surface area contributed by atoms with Crippen LogP contribution >= 0.6 is 11.3 Å². The molecular weight excluding hydrogens is 464 g/mol. The first kappa shape index (κ1) is 23.7. The second-order valence-corrected chi connectivity index (χ2v) is 11.3. The van der Waals surface area contributed by atoms with Gasteiger partial charge in [0, 0.05) is 11.3 Å². The summed E-state index contributed by atoms with van der Waals surface area (Å²) in [6.07, 6.45) is 0. The van der Waals surface area contributed by atoms with Crippen LogP contribution < -0.4 is 11.1 Å². The first-order chi connectivity index (χ1) is 16.1. The van der Waals surface area contributed by atoms with Crippen LogP contribution in [0.1, 0.15) is 37.5 Å². The molecule has 4 aromatic rings. The Morgan fingerprint density at radius 3 is 2.21 bits per heavy atom. The van der Waals surface area contributed by atoms with Crippen molar-refractivity contribution >= 4 is 43.3 Å². The molecule has 0 spiro atoms. The first-order valence-electron chi connectivity index (χ1n) is 10.8. The lowest BCUT2D eigenvalue weighted by Crippen LogP contribution is -2.09. The van der Waals surface area contributed by atoms with E-state index in [1.54, 1.807) is 24.3 Å². The molecule has 0 unspecified atom stereocenters. The minimum Gasteiger partial charge on any atom is -0.396 e. The second-order valence-electron chi connectivity index (χ2n) is 8.39. The van der Waals surface area contributed by atoms with E-state index in [0.29, 0.717) is 10.6 Å². The number of benzene rings is 3. The van der Waals surface area contributed by atoms with Crippen molar-refractivity contribution < 1.29 is 13.2 Å². The maximum atomic E-state index is 13.7. The largest absolute Gasteiger partial charge is 0.396 e. The van der Waals surface area contributed by atoms with Crippen molar-refractivity contribution in [2.24, 2.45) is 0 Å². The van der Waals surface area contributed by atoms with Crippen molar-refractivity contribution in [1.29, 1.82) is 0 Å². The molecule has 1 heterocycles. The van der Waals surface area contributed by atoms with Gasteiger partial charge in [-0.15, -0.1) is 11.3 Å².